The van der Waals surface area contributed by atoms with Crippen molar-refractivity contribution in [2.45, 2.75) is 19.9 Å². The summed E-state index contributed by atoms with van der Waals surface area (Å²) in [6.07, 6.45) is 0. The molecule has 1 aromatic carbocycles. The minimum atomic E-state index is -0.192. The maximum Gasteiger partial charge on any atom is 0.252 e. The fourth-order valence-corrected chi connectivity index (χ4v) is 2.05. The normalized spacial score (nSPS) is 10.5. The molecule has 6 heteroatoms. The van der Waals surface area contributed by atoms with Crippen molar-refractivity contribution in [2.75, 3.05) is 7.11 Å². The SMILES string of the molecule is COc1ccc(-c2ccc(C(=O)NC(C)C)c(Cl)c2)nn1. The van der Waals surface area contributed by atoms with Crippen molar-refractivity contribution in [3.63, 3.8) is 0 Å². The molecule has 1 amide bonds. The number of halogens is 1. The van der Waals surface area contributed by atoms with Gasteiger partial charge in [0.25, 0.3) is 5.91 Å². The van der Waals surface area contributed by atoms with Crippen LogP contribution in [0.4, 0.5) is 0 Å². The van der Waals surface area contributed by atoms with Crippen LogP contribution in [-0.4, -0.2) is 29.3 Å². The van der Waals surface area contributed by atoms with Crippen LogP contribution in [0.2, 0.25) is 5.02 Å². The van der Waals surface area contributed by atoms with Gasteiger partial charge < -0.3 is 10.1 Å². The summed E-state index contributed by atoms with van der Waals surface area (Å²) >= 11 is 6.18. The Morgan fingerprint density at radius 3 is 2.52 bits per heavy atom. The third-order valence-corrected chi connectivity index (χ3v) is 3.09. The number of nitrogens with one attached hydrogen (secondary N) is 1. The lowest BCUT2D eigenvalue weighted by atomic mass is 10.1. The maximum absolute atomic E-state index is 12.0. The number of hydrogen-bond donors (Lipinski definition) is 1. The zero-order chi connectivity index (χ0) is 15.4. The molecule has 2 rings (SSSR count). The molecule has 0 saturated carbocycles. The van der Waals surface area contributed by atoms with Crippen molar-refractivity contribution < 1.29 is 9.53 Å². The van der Waals surface area contributed by atoms with Gasteiger partial charge in [-0.1, -0.05) is 17.7 Å². The van der Waals surface area contributed by atoms with Crippen molar-refractivity contribution in [3.05, 3.63) is 40.9 Å². The van der Waals surface area contributed by atoms with Crippen LogP contribution in [0.25, 0.3) is 11.3 Å². The molecule has 1 heterocycles. The summed E-state index contributed by atoms with van der Waals surface area (Å²) in [4.78, 5) is 12.0. The Labute approximate surface area is 128 Å². The first kappa shape index (κ1) is 15.3. The first-order chi connectivity index (χ1) is 10.0. The van der Waals surface area contributed by atoms with Gasteiger partial charge in [-0.25, -0.2) is 0 Å². The summed E-state index contributed by atoms with van der Waals surface area (Å²) in [5.74, 6) is 0.250. The summed E-state index contributed by atoms with van der Waals surface area (Å²) in [6, 6.07) is 8.73. The predicted octanol–water partition coefficient (Wildman–Crippen LogP) is 2.94. The second-order valence-electron chi connectivity index (χ2n) is 4.78. The van der Waals surface area contributed by atoms with Crippen LogP contribution in [0, 0.1) is 0 Å². The van der Waals surface area contributed by atoms with E-state index in [0.29, 0.717) is 22.2 Å². The molecule has 0 bridgehead atoms. The Balaban J connectivity index is 2.27. The minimum Gasteiger partial charge on any atom is -0.480 e. The number of hydrogen-bond acceptors (Lipinski definition) is 4. The number of aromatic nitrogens is 2. The Hall–Kier alpha value is -2.14. The molecule has 0 aliphatic heterocycles. The van der Waals surface area contributed by atoms with Gasteiger partial charge in [-0.05, 0) is 32.0 Å². The van der Waals surface area contributed by atoms with E-state index < -0.39 is 0 Å². The monoisotopic (exact) mass is 305 g/mol. The maximum atomic E-state index is 12.0. The van der Waals surface area contributed by atoms with Gasteiger partial charge in [0.05, 0.1) is 23.4 Å². The average Bonchev–Trinajstić information content (AvgIpc) is 2.46. The average molecular weight is 306 g/mol. The van der Waals surface area contributed by atoms with Gasteiger partial charge in [0.2, 0.25) is 5.88 Å². The number of nitrogens with zero attached hydrogens (tertiary/aromatic N) is 2. The number of ether oxygens (including phenoxy) is 1. The van der Waals surface area contributed by atoms with Crippen LogP contribution in [0.3, 0.4) is 0 Å². The number of methoxy groups -OCH3 is 1. The molecule has 0 aliphatic carbocycles. The topological polar surface area (TPSA) is 64.1 Å². The molecule has 5 nitrogen and oxygen atoms in total. The minimum absolute atomic E-state index is 0.0562. The number of carbonyl (C=O) groups excluding carboxylic acids is 1. The third-order valence-electron chi connectivity index (χ3n) is 2.78. The molecular weight excluding hydrogens is 290 g/mol. The summed E-state index contributed by atoms with van der Waals surface area (Å²) in [5.41, 5.74) is 1.89. The first-order valence-electron chi connectivity index (χ1n) is 6.49. The molecule has 0 unspecified atom stereocenters. The Morgan fingerprint density at radius 2 is 2.00 bits per heavy atom. The van der Waals surface area contributed by atoms with Gasteiger partial charge in [0.15, 0.2) is 0 Å². The number of benzene rings is 1. The molecule has 21 heavy (non-hydrogen) atoms. The van der Waals surface area contributed by atoms with Gasteiger partial charge in [-0.2, -0.15) is 0 Å². The van der Waals surface area contributed by atoms with Crippen LogP contribution in [0.5, 0.6) is 5.88 Å². The molecular formula is C15H16ClN3O2. The molecule has 0 saturated heterocycles. The lowest BCUT2D eigenvalue weighted by molar-refractivity contribution is 0.0943. The number of amides is 1. The second kappa shape index (κ2) is 6.54. The van der Waals surface area contributed by atoms with E-state index >= 15 is 0 Å². The van der Waals surface area contributed by atoms with Crippen molar-refractivity contribution >= 4 is 17.5 Å². The van der Waals surface area contributed by atoms with E-state index in [1.54, 1.807) is 30.3 Å². The second-order valence-corrected chi connectivity index (χ2v) is 5.19. The lowest BCUT2D eigenvalue weighted by Crippen LogP contribution is -2.30. The highest BCUT2D eigenvalue weighted by molar-refractivity contribution is 6.34. The van der Waals surface area contributed by atoms with Crippen LogP contribution in [-0.2, 0) is 0 Å². The van der Waals surface area contributed by atoms with E-state index in [9.17, 15) is 4.79 Å². The van der Waals surface area contributed by atoms with E-state index in [-0.39, 0.29) is 11.9 Å². The molecule has 0 radical (unpaired) electrons. The molecule has 1 aromatic heterocycles. The summed E-state index contributed by atoms with van der Waals surface area (Å²) < 4.78 is 4.96. The molecule has 0 spiro atoms. The van der Waals surface area contributed by atoms with Crippen LogP contribution in [0.15, 0.2) is 30.3 Å². The van der Waals surface area contributed by atoms with E-state index in [0.717, 1.165) is 5.56 Å². The van der Waals surface area contributed by atoms with Crippen molar-refractivity contribution in [2.24, 2.45) is 0 Å². The molecule has 0 aliphatic rings. The van der Waals surface area contributed by atoms with Crippen molar-refractivity contribution in [1.82, 2.24) is 15.5 Å². The highest BCUT2D eigenvalue weighted by Crippen LogP contribution is 2.24. The van der Waals surface area contributed by atoms with E-state index in [1.807, 2.05) is 13.8 Å². The first-order valence-corrected chi connectivity index (χ1v) is 6.87. The summed E-state index contributed by atoms with van der Waals surface area (Å²) in [5, 5.41) is 11.1. The highest BCUT2D eigenvalue weighted by Gasteiger charge is 2.12. The standard InChI is InChI=1S/C15H16ClN3O2/c1-9(2)17-15(20)11-5-4-10(8-12(11)16)13-6-7-14(21-3)19-18-13/h4-9H,1-3H3,(H,17,20). The van der Waals surface area contributed by atoms with Crippen molar-refractivity contribution in [3.8, 4) is 17.1 Å². The Bertz CT molecular complexity index is 642. The third kappa shape index (κ3) is 3.70. The molecule has 0 fully saturated rings. The van der Waals surface area contributed by atoms with E-state index in [4.69, 9.17) is 16.3 Å². The van der Waals surface area contributed by atoms with Gasteiger partial charge in [0, 0.05) is 17.7 Å². The largest absolute Gasteiger partial charge is 0.480 e. The van der Waals surface area contributed by atoms with Crippen LogP contribution in [0.1, 0.15) is 24.2 Å². The van der Waals surface area contributed by atoms with Gasteiger partial charge in [-0.15, -0.1) is 10.2 Å². The zero-order valence-electron chi connectivity index (χ0n) is 12.1. The van der Waals surface area contributed by atoms with E-state index in [1.165, 1.54) is 7.11 Å². The van der Waals surface area contributed by atoms with Crippen LogP contribution < -0.4 is 10.1 Å². The predicted molar refractivity (Wildman–Crippen MR) is 81.6 cm³/mol. The fraction of sp³-hybridized carbons (Fsp3) is 0.267. The van der Waals surface area contributed by atoms with Gasteiger partial charge in [-0.3, -0.25) is 4.79 Å². The number of rotatable bonds is 4. The quantitative estimate of drug-likeness (QED) is 0.943. The molecule has 1 N–H and O–H groups in total. The number of carbonyl (C=O) groups is 1. The lowest BCUT2D eigenvalue weighted by Gasteiger charge is -2.10. The van der Waals surface area contributed by atoms with Crippen LogP contribution >= 0.6 is 11.6 Å². The summed E-state index contributed by atoms with van der Waals surface area (Å²) in [7, 11) is 1.53. The highest BCUT2D eigenvalue weighted by atomic mass is 35.5. The Morgan fingerprint density at radius 1 is 1.24 bits per heavy atom. The molecule has 2 aromatic rings. The van der Waals surface area contributed by atoms with Crippen molar-refractivity contribution in [1.29, 1.82) is 0 Å². The smallest absolute Gasteiger partial charge is 0.252 e. The zero-order valence-corrected chi connectivity index (χ0v) is 12.8. The van der Waals surface area contributed by atoms with E-state index in [2.05, 4.69) is 15.5 Å². The van der Waals surface area contributed by atoms with Gasteiger partial charge >= 0.3 is 0 Å². The Kier molecular flexibility index (Phi) is 4.75. The fourth-order valence-electron chi connectivity index (χ4n) is 1.78. The summed E-state index contributed by atoms with van der Waals surface area (Å²) in [6.45, 7) is 3.79. The molecule has 0 atom stereocenters. The van der Waals surface area contributed by atoms with Gasteiger partial charge in [0.1, 0.15) is 0 Å². The molecule has 110 valence electrons.